The number of nitro benzene ring substituents is 1. The van der Waals surface area contributed by atoms with Gasteiger partial charge in [0.2, 0.25) is 10.0 Å². The van der Waals surface area contributed by atoms with Gasteiger partial charge in [-0.1, -0.05) is 13.8 Å². The highest BCUT2D eigenvalue weighted by molar-refractivity contribution is 7.89. The summed E-state index contributed by atoms with van der Waals surface area (Å²) < 4.78 is 32.0. The van der Waals surface area contributed by atoms with Crippen molar-refractivity contribution in [3.8, 4) is 5.75 Å². The van der Waals surface area contributed by atoms with Crippen LogP contribution >= 0.6 is 0 Å². The van der Waals surface area contributed by atoms with Gasteiger partial charge in [0.05, 0.1) is 16.9 Å². The fourth-order valence-electron chi connectivity index (χ4n) is 3.79. The molecule has 10 heteroatoms. The molecular formula is C21H28N4O5S. The Hall–Kier alpha value is -2.85. The van der Waals surface area contributed by atoms with E-state index < -0.39 is 14.9 Å². The Labute approximate surface area is 183 Å². The van der Waals surface area contributed by atoms with Gasteiger partial charge in [-0.15, -0.1) is 0 Å². The molecule has 0 saturated carbocycles. The molecule has 2 aromatic rings. The van der Waals surface area contributed by atoms with Crippen molar-refractivity contribution in [1.82, 2.24) is 4.31 Å². The van der Waals surface area contributed by atoms with Gasteiger partial charge >= 0.3 is 0 Å². The van der Waals surface area contributed by atoms with Gasteiger partial charge in [-0.2, -0.15) is 4.31 Å². The highest BCUT2D eigenvalue weighted by atomic mass is 32.2. The van der Waals surface area contributed by atoms with Crippen molar-refractivity contribution in [2.75, 3.05) is 56.2 Å². The number of hydrogen-bond donors (Lipinski definition) is 0. The molecule has 1 fully saturated rings. The average molecular weight is 449 g/mol. The van der Waals surface area contributed by atoms with Gasteiger partial charge in [-0.3, -0.25) is 10.1 Å². The Bertz CT molecular complexity index is 1010. The molecule has 0 unspecified atom stereocenters. The molecule has 9 nitrogen and oxygen atoms in total. The van der Waals surface area contributed by atoms with E-state index in [1.807, 2.05) is 29.2 Å². The van der Waals surface area contributed by atoms with Gasteiger partial charge in [0.15, 0.2) is 0 Å². The van der Waals surface area contributed by atoms with Crippen LogP contribution in [0.2, 0.25) is 0 Å². The number of methoxy groups -OCH3 is 1. The summed E-state index contributed by atoms with van der Waals surface area (Å²) in [6.07, 6.45) is 0. The lowest BCUT2D eigenvalue weighted by Crippen LogP contribution is -2.46. The van der Waals surface area contributed by atoms with E-state index in [4.69, 9.17) is 4.74 Å². The van der Waals surface area contributed by atoms with E-state index in [0.29, 0.717) is 45.0 Å². The number of ether oxygens (including phenoxy) is 1. The van der Waals surface area contributed by atoms with Crippen molar-refractivity contribution in [2.24, 2.45) is 0 Å². The number of nitrogens with zero attached hydrogens (tertiary/aromatic N) is 4. The van der Waals surface area contributed by atoms with Gasteiger partial charge in [-0.25, -0.2) is 8.42 Å². The summed E-state index contributed by atoms with van der Waals surface area (Å²) in [6.45, 7) is 6.68. The van der Waals surface area contributed by atoms with Crippen molar-refractivity contribution >= 4 is 27.1 Å². The highest BCUT2D eigenvalue weighted by Gasteiger charge is 2.28. The predicted octanol–water partition coefficient (Wildman–Crippen LogP) is 2.96. The number of piperazine rings is 1. The first kappa shape index (κ1) is 22.8. The fourth-order valence-corrected chi connectivity index (χ4v) is 5.27. The molecule has 168 valence electrons. The molecule has 1 heterocycles. The van der Waals surface area contributed by atoms with Crippen LogP contribution in [-0.4, -0.2) is 64.0 Å². The highest BCUT2D eigenvalue weighted by Crippen LogP contribution is 2.33. The number of sulfonamides is 1. The van der Waals surface area contributed by atoms with Crippen LogP contribution in [0.4, 0.5) is 17.1 Å². The van der Waals surface area contributed by atoms with Crippen molar-refractivity contribution in [3.63, 3.8) is 0 Å². The van der Waals surface area contributed by atoms with Crippen molar-refractivity contribution < 1.29 is 18.1 Å². The first-order valence-corrected chi connectivity index (χ1v) is 11.7. The zero-order chi connectivity index (χ0) is 22.6. The van der Waals surface area contributed by atoms with Crippen LogP contribution in [-0.2, 0) is 10.0 Å². The summed E-state index contributed by atoms with van der Waals surface area (Å²) in [4.78, 5) is 15.3. The van der Waals surface area contributed by atoms with Crippen LogP contribution in [0, 0.1) is 10.1 Å². The van der Waals surface area contributed by atoms with Gasteiger partial charge in [0.25, 0.3) is 5.69 Å². The van der Waals surface area contributed by atoms with Gasteiger partial charge in [0, 0.05) is 51.0 Å². The lowest BCUT2D eigenvalue weighted by molar-refractivity contribution is -0.384. The fraction of sp³-hybridized carbons (Fsp3) is 0.429. The zero-order valence-corrected chi connectivity index (χ0v) is 18.8. The third-order valence-electron chi connectivity index (χ3n) is 5.54. The topological polar surface area (TPSA) is 96.2 Å². The Morgan fingerprint density at radius 2 is 1.58 bits per heavy atom. The third-order valence-corrected chi connectivity index (χ3v) is 7.59. The summed E-state index contributed by atoms with van der Waals surface area (Å²) in [6, 6.07) is 12.0. The van der Waals surface area contributed by atoms with Crippen molar-refractivity contribution in [3.05, 3.63) is 52.6 Å². The van der Waals surface area contributed by atoms with Crippen molar-refractivity contribution in [1.29, 1.82) is 0 Å². The minimum Gasteiger partial charge on any atom is -0.497 e. The second-order valence-electron chi connectivity index (χ2n) is 7.17. The molecule has 1 aliphatic heterocycles. The molecular weight excluding hydrogens is 420 g/mol. The Kier molecular flexibility index (Phi) is 7.01. The number of benzene rings is 2. The Morgan fingerprint density at radius 1 is 1.00 bits per heavy atom. The molecule has 0 atom stereocenters. The lowest BCUT2D eigenvalue weighted by Gasteiger charge is -2.37. The summed E-state index contributed by atoms with van der Waals surface area (Å²) in [5.74, 6) is 0.790. The summed E-state index contributed by atoms with van der Waals surface area (Å²) in [5, 5.41) is 11.7. The van der Waals surface area contributed by atoms with Crippen LogP contribution < -0.4 is 14.5 Å². The largest absolute Gasteiger partial charge is 0.497 e. The van der Waals surface area contributed by atoms with Gasteiger partial charge in [0.1, 0.15) is 11.4 Å². The van der Waals surface area contributed by atoms with Crippen LogP contribution in [0.25, 0.3) is 0 Å². The Morgan fingerprint density at radius 3 is 2.10 bits per heavy atom. The van der Waals surface area contributed by atoms with E-state index >= 15 is 0 Å². The SMILES string of the molecule is CCN(CC)S(=O)(=O)c1ccc(N2CCN(c3ccc(OC)cc3)CC2)c([N+](=O)[O-])c1. The second kappa shape index (κ2) is 9.52. The maximum Gasteiger partial charge on any atom is 0.293 e. The normalized spacial score (nSPS) is 14.7. The van der Waals surface area contributed by atoms with E-state index in [2.05, 4.69) is 4.90 Å². The van der Waals surface area contributed by atoms with E-state index in [9.17, 15) is 18.5 Å². The maximum absolute atomic E-state index is 12.8. The molecule has 0 aliphatic carbocycles. The maximum atomic E-state index is 12.8. The molecule has 0 aromatic heterocycles. The van der Waals surface area contributed by atoms with Crippen LogP contribution in [0.5, 0.6) is 5.75 Å². The summed E-state index contributed by atoms with van der Waals surface area (Å²) in [5.41, 5.74) is 1.32. The third kappa shape index (κ3) is 4.75. The van der Waals surface area contributed by atoms with E-state index in [-0.39, 0.29) is 10.6 Å². The van der Waals surface area contributed by atoms with Gasteiger partial charge in [-0.05, 0) is 36.4 Å². The first-order chi connectivity index (χ1) is 14.8. The first-order valence-electron chi connectivity index (χ1n) is 10.2. The van der Waals surface area contributed by atoms with E-state index in [1.165, 1.54) is 16.4 Å². The monoisotopic (exact) mass is 448 g/mol. The molecule has 0 spiro atoms. The molecule has 3 rings (SSSR count). The standard InChI is InChI=1S/C21H28N4O5S/c1-4-24(5-2)31(28,29)19-10-11-20(21(16-19)25(26)27)23-14-12-22(13-15-23)17-6-8-18(30-3)9-7-17/h6-11,16H,4-5,12-15H2,1-3H3. The number of rotatable bonds is 8. The quantitative estimate of drug-likeness (QED) is 0.452. The van der Waals surface area contributed by atoms with Crippen LogP contribution in [0.3, 0.4) is 0 Å². The molecule has 0 radical (unpaired) electrons. The molecule has 2 aromatic carbocycles. The molecule has 0 bridgehead atoms. The summed E-state index contributed by atoms with van der Waals surface area (Å²) in [7, 11) is -2.14. The predicted molar refractivity (Wildman–Crippen MR) is 121 cm³/mol. The van der Waals surface area contributed by atoms with E-state index in [1.54, 1.807) is 27.0 Å². The number of hydrogen-bond acceptors (Lipinski definition) is 7. The van der Waals surface area contributed by atoms with E-state index in [0.717, 1.165) is 11.4 Å². The minimum atomic E-state index is -3.76. The molecule has 31 heavy (non-hydrogen) atoms. The lowest BCUT2D eigenvalue weighted by atomic mass is 10.2. The van der Waals surface area contributed by atoms with Crippen LogP contribution in [0.1, 0.15) is 13.8 Å². The summed E-state index contributed by atoms with van der Waals surface area (Å²) >= 11 is 0. The molecule has 0 amide bonds. The molecule has 1 saturated heterocycles. The second-order valence-corrected chi connectivity index (χ2v) is 9.11. The van der Waals surface area contributed by atoms with Crippen molar-refractivity contribution in [2.45, 2.75) is 18.7 Å². The zero-order valence-electron chi connectivity index (χ0n) is 18.0. The molecule has 1 aliphatic rings. The molecule has 0 N–H and O–H groups in total. The minimum absolute atomic E-state index is 0.0523. The smallest absolute Gasteiger partial charge is 0.293 e. The number of nitro groups is 1. The Balaban J connectivity index is 1.81. The average Bonchev–Trinajstić information content (AvgIpc) is 2.79. The van der Waals surface area contributed by atoms with Crippen LogP contribution in [0.15, 0.2) is 47.4 Å². The van der Waals surface area contributed by atoms with Gasteiger partial charge < -0.3 is 14.5 Å². The number of anilines is 2.